The maximum absolute atomic E-state index is 2.43. The molecule has 0 nitrogen and oxygen atoms in total. The lowest BCUT2D eigenvalue weighted by atomic mass is 9.82. The second kappa shape index (κ2) is 3.84. The highest BCUT2D eigenvalue weighted by molar-refractivity contribution is 8.00. The van der Waals surface area contributed by atoms with Crippen molar-refractivity contribution >= 4 is 11.8 Å². The van der Waals surface area contributed by atoms with Crippen molar-refractivity contribution in [1.29, 1.82) is 0 Å². The topological polar surface area (TPSA) is 0 Å². The molecular formula is C12H24S. The van der Waals surface area contributed by atoms with Gasteiger partial charge in [-0.2, -0.15) is 11.8 Å². The van der Waals surface area contributed by atoms with Crippen LogP contribution in [-0.4, -0.2) is 10.5 Å². The summed E-state index contributed by atoms with van der Waals surface area (Å²) in [4.78, 5) is 0. The minimum atomic E-state index is 0.496. The molecule has 1 aliphatic heterocycles. The zero-order chi connectivity index (χ0) is 10.2. The molecule has 1 fully saturated rings. The van der Waals surface area contributed by atoms with Crippen molar-refractivity contribution in [2.24, 2.45) is 17.3 Å². The van der Waals surface area contributed by atoms with E-state index in [9.17, 15) is 0 Å². The minimum absolute atomic E-state index is 0.496. The molecule has 0 aliphatic carbocycles. The van der Waals surface area contributed by atoms with Crippen molar-refractivity contribution in [3.63, 3.8) is 0 Å². The zero-order valence-corrected chi connectivity index (χ0v) is 10.7. The van der Waals surface area contributed by atoms with Gasteiger partial charge in [-0.25, -0.2) is 0 Å². The van der Waals surface area contributed by atoms with Crippen molar-refractivity contribution in [2.75, 3.05) is 0 Å². The van der Waals surface area contributed by atoms with Crippen LogP contribution in [0.3, 0.4) is 0 Å². The molecule has 1 rings (SSSR count). The van der Waals surface area contributed by atoms with Gasteiger partial charge in [0, 0.05) is 10.5 Å². The lowest BCUT2D eigenvalue weighted by Gasteiger charge is -2.25. The van der Waals surface area contributed by atoms with Crippen LogP contribution >= 0.6 is 11.8 Å². The van der Waals surface area contributed by atoms with Crippen molar-refractivity contribution < 1.29 is 0 Å². The number of hydrogen-bond donors (Lipinski definition) is 0. The van der Waals surface area contributed by atoms with Crippen molar-refractivity contribution in [2.45, 2.75) is 58.5 Å². The fourth-order valence-corrected chi connectivity index (χ4v) is 4.27. The van der Waals surface area contributed by atoms with E-state index in [2.05, 4.69) is 53.3 Å². The van der Waals surface area contributed by atoms with E-state index < -0.39 is 0 Å². The fourth-order valence-electron chi connectivity index (χ4n) is 2.13. The van der Waals surface area contributed by atoms with Crippen LogP contribution in [0, 0.1) is 17.3 Å². The van der Waals surface area contributed by atoms with Gasteiger partial charge < -0.3 is 0 Å². The predicted molar refractivity (Wildman–Crippen MR) is 63.2 cm³/mol. The third-order valence-corrected chi connectivity index (χ3v) is 5.16. The van der Waals surface area contributed by atoms with Crippen LogP contribution in [0.25, 0.3) is 0 Å². The summed E-state index contributed by atoms with van der Waals surface area (Å²) in [5.41, 5.74) is 0.496. The Morgan fingerprint density at radius 2 is 1.54 bits per heavy atom. The highest BCUT2D eigenvalue weighted by Gasteiger charge is 2.37. The Morgan fingerprint density at radius 3 is 1.85 bits per heavy atom. The van der Waals surface area contributed by atoms with Crippen LogP contribution < -0.4 is 0 Å². The van der Waals surface area contributed by atoms with Crippen molar-refractivity contribution in [1.82, 2.24) is 0 Å². The van der Waals surface area contributed by atoms with Gasteiger partial charge in [-0.15, -0.1) is 0 Å². The molecule has 0 N–H and O–H groups in total. The van der Waals surface area contributed by atoms with E-state index in [0.29, 0.717) is 5.41 Å². The van der Waals surface area contributed by atoms with E-state index in [0.717, 1.165) is 22.3 Å². The van der Waals surface area contributed by atoms with Crippen LogP contribution in [0.2, 0.25) is 0 Å². The van der Waals surface area contributed by atoms with E-state index in [1.807, 2.05) is 0 Å². The van der Waals surface area contributed by atoms with E-state index in [-0.39, 0.29) is 0 Å². The molecule has 0 bridgehead atoms. The Kier molecular flexibility index (Phi) is 3.38. The van der Waals surface area contributed by atoms with E-state index in [4.69, 9.17) is 0 Å². The summed E-state index contributed by atoms with van der Waals surface area (Å²) in [7, 11) is 0. The average Bonchev–Trinajstić information content (AvgIpc) is 2.15. The van der Waals surface area contributed by atoms with Gasteiger partial charge >= 0.3 is 0 Å². The molecule has 13 heavy (non-hydrogen) atoms. The van der Waals surface area contributed by atoms with E-state index >= 15 is 0 Å². The lowest BCUT2D eigenvalue weighted by Crippen LogP contribution is -2.20. The standard InChI is InChI=1S/C12H24S/c1-8-9(2)11(13-10(8)3)7-12(4,5)6/h8-11H,7H2,1-6H3. The summed E-state index contributed by atoms with van der Waals surface area (Å²) in [6, 6.07) is 0. The molecule has 0 spiro atoms. The third-order valence-electron chi connectivity index (χ3n) is 3.36. The average molecular weight is 200 g/mol. The summed E-state index contributed by atoms with van der Waals surface area (Å²) in [6.45, 7) is 14.3. The first-order chi connectivity index (χ1) is 5.81. The monoisotopic (exact) mass is 200 g/mol. The molecule has 1 aliphatic rings. The van der Waals surface area contributed by atoms with Gasteiger partial charge in [-0.05, 0) is 23.7 Å². The Labute approximate surface area is 87.9 Å². The summed E-state index contributed by atoms with van der Waals surface area (Å²) >= 11 is 2.21. The number of hydrogen-bond acceptors (Lipinski definition) is 1. The van der Waals surface area contributed by atoms with Gasteiger partial charge in [-0.1, -0.05) is 41.5 Å². The molecule has 0 aromatic heterocycles. The van der Waals surface area contributed by atoms with Crippen LogP contribution in [0.15, 0.2) is 0 Å². The molecule has 1 heteroatoms. The van der Waals surface area contributed by atoms with E-state index in [1.54, 1.807) is 0 Å². The molecule has 4 unspecified atom stereocenters. The van der Waals surface area contributed by atoms with E-state index in [1.165, 1.54) is 6.42 Å². The molecule has 1 heterocycles. The summed E-state index contributed by atoms with van der Waals surface area (Å²) in [6.07, 6.45) is 1.37. The Hall–Kier alpha value is 0.350. The fraction of sp³-hybridized carbons (Fsp3) is 1.00. The minimum Gasteiger partial charge on any atom is -0.155 e. The Morgan fingerprint density at radius 1 is 1.00 bits per heavy atom. The molecule has 1 saturated heterocycles. The molecule has 0 saturated carbocycles. The molecule has 78 valence electrons. The highest BCUT2D eigenvalue weighted by Crippen LogP contribution is 2.46. The maximum Gasteiger partial charge on any atom is 0.00833 e. The lowest BCUT2D eigenvalue weighted by molar-refractivity contribution is 0.311. The van der Waals surface area contributed by atoms with Gasteiger partial charge in [0.1, 0.15) is 0 Å². The molecule has 0 aromatic rings. The molecule has 4 atom stereocenters. The number of thioether (sulfide) groups is 1. The second-order valence-electron chi connectivity index (χ2n) is 5.86. The predicted octanol–water partition coefficient (Wildman–Crippen LogP) is 4.20. The quantitative estimate of drug-likeness (QED) is 0.611. The largest absolute Gasteiger partial charge is 0.155 e. The van der Waals surface area contributed by atoms with Crippen molar-refractivity contribution in [3.8, 4) is 0 Å². The van der Waals surface area contributed by atoms with Crippen molar-refractivity contribution in [3.05, 3.63) is 0 Å². The number of rotatable bonds is 1. The van der Waals surface area contributed by atoms with Crippen LogP contribution in [0.4, 0.5) is 0 Å². The molecule has 0 amide bonds. The normalized spacial score (nSPS) is 41.1. The van der Waals surface area contributed by atoms with Gasteiger partial charge in [-0.3, -0.25) is 0 Å². The first-order valence-corrected chi connectivity index (χ1v) is 6.41. The summed E-state index contributed by atoms with van der Waals surface area (Å²) < 4.78 is 0. The SMILES string of the molecule is CC1SC(CC(C)(C)C)C(C)C1C. The highest BCUT2D eigenvalue weighted by atomic mass is 32.2. The molecule has 0 radical (unpaired) electrons. The van der Waals surface area contributed by atoms with Gasteiger partial charge in [0.05, 0.1) is 0 Å². The summed E-state index contributed by atoms with van der Waals surface area (Å²) in [5, 5.41) is 1.76. The summed E-state index contributed by atoms with van der Waals surface area (Å²) in [5.74, 6) is 1.80. The smallest absolute Gasteiger partial charge is 0.00833 e. The Bertz CT molecular complexity index is 168. The van der Waals surface area contributed by atoms with Gasteiger partial charge in [0.25, 0.3) is 0 Å². The van der Waals surface area contributed by atoms with Gasteiger partial charge in [0.2, 0.25) is 0 Å². The third kappa shape index (κ3) is 2.90. The van der Waals surface area contributed by atoms with Crippen LogP contribution in [-0.2, 0) is 0 Å². The van der Waals surface area contributed by atoms with Crippen LogP contribution in [0.5, 0.6) is 0 Å². The zero-order valence-electron chi connectivity index (χ0n) is 9.92. The maximum atomic E-state index is 2.43. The van der Waals surface area contributed by atoms with Gasteiger partial charge in [0.15, 0.2) is 0 Å². The molecular weight excluding hydrogens is 176 g/mol. The first-order valence-electron chi connectivity index (χ1n) is 5.47. The molecule has 0 aromatic carbocycles. The van der Waals surface area contributed by atoms with Crippen LogP contribution in [0.1, 0.15) is 48.0 Å². The second-order valence-corrected chi connectivity index (χ2v) is 7.48. The Balaban J connectivity index is 2.54. The first kappa shape index (κ1) is 11.4.